The molecular weight excluding hydrogens is 407 g/mol. The number of benzene rings is 2. The highest BCUT2D eigenvalue weighted by Crippen LogP contribution is 2.23. The van der Waals surface area contributed by atoms with Crippen LogP contribution in [0.5, 0.6) is 0 Å². The lowest BCUT2D eigenvalue weighted by molar-refractivity contribution is -0.149. The summed E-state index contributed by atoms with van der Waals surface area (Å²) in [6, 6.07) is 12.7. The minimum absolute atomic E-state index is 0.118. The first-order valence-corrected chi connectivity index (χ1v) is 9.63. The van der Waals surface area contributed by atoms with E-state index in [4.69, 9.17) is 14.3 Å². The van der Waals surface area contributed by atoms with Crippen molar-refractivity contribution >= 4 is 17.8 Å². The zero-order chi connectivity index (χ0) is 22.4. The molecule has 0 amide bonds. The fourth-order valence-electron chi connectivity index (χ4n) is 2.81. The average molecular weight is 430 g/mol. The number of oxime groups is 1. The van der Waals surface area contributed by atoms with Crippen LogP contribution in [-0.4, -0.2) is 41.7 Å². The van der Waals surface area contributed by atoms with Gasteiger partial charge in [-0.05, 0) is 32.0 Å². The topological polar surface area (TPSA) is 106 Å². The van der Waals surface area contributed by atoms with Gasteiger partial charge in [0.25, 0.3) is 0 Å². The Labute approximate surface area is 178 Å². The maximum Gasteiger partial charge on any atom is 0.338 e. The molecule has 1 aliphatic rings. The molecule has 9 heteroatoms. The van der Waals surface area contributed by atoms with Crippen molar-refractivity contribution in [3.63, 3.8) is 0 Å². The van der Waals surface area contributed by atoms with E-state index >= 15 is 0 Å². The fraction of sp³-hybridized carbons (Fsp3) is 0.318. The lowest BCUT2D eigenvalue weighted by Crippen LogP contribution is -2.25. The molecule has 0 fully saturated rings. The van der Waals surface area contributed by atoms with Gasteiger partial charge in [-0.25, -0.2) is 9.18 Å². The summed E-state index contributed by atoms with van der Waals surface area (Å²) in [5, 5.41) is 16.5. The van der Waals surface area contributed by atoms with E-state index in [1.165, 1.54) is 19.9 Å². The third-order valence-electron chi connectivity index (χ3n) is 4.23. The molecule has 1 unspecified atom stereocenters. The Morgan fingerprint density at radius 3 is 2.65 bits per heavy atom. The molecule has 1 heterocycles. The summed E-state index contributed by atoms with van der Waals surface area (Å²) in [5.41, 5.74) is -0.0276. The van der Waals surface area contributed by atoms with E-state index in [-0.39, 0.29) is 25.2 Å². The molecule has 0 radical (unpaired) electrons. The molecule has 2 N–H and O–H groups in total. The minimum atomic E-state index is -1.17. The van der Waals surface area contributed by atoms with Gasteiger partial charge in [0.05, 0.1) is 23.1 Å². The van der Waals surface area contributed by atoms with Crippen LogP contribution in [0.3, 0.4) is 0 Å². The number of amidine groups is 1. The molecule has 8 nitrogen and oxygen atoms in total. The first kappa shape index (κ1) is 22.2. The van der Waals surface area contributed by atoms with Gasteiger partial charge in [0.2, 0.25) is 6.23 Å². The van der Waals surface area contributed by atoms with Crippen LogP contribution >= 0.6 is 0 Å². The fourth-order valence-corrected chi connectivity index (χ4v) is 2.81. The molecule has 3 rings (SSSR count). The monoisotopic (exact) mass is 430 g/mol. The van der Waals surface area contributed by atoms with Gasteiger partial charge >= 0.3 is 11.9 Å². The predicted octanol–water partition coefficient (Wildman–Crippen LogP) is 2.67. The number of ether oxygens (including phenoxy) is 2. The van der Waals surface area contributed by atoms with Crippen molar-refractivity contribution < 1.29 is 33.4 Å². The number of nitrogens with zero attached hydrogens (tertiary/aromatic N) is 1. The first-order chi connectivity index (χ1) is 14.7. The van der Waals surface area contributed by atoms with Crippen molar-refractivity contribution in [2.24, 2.45) is 5.16 Å². The Morgan fingerprint density at radius 2 is 1.90 bits per heavy atom. The SMILES string of the molecule is CC(C)(O)CC(=O)OCCOC(=O)c1cccc(C2=NOC(c3ccccc3F)N2)c1. The lowest BCUT2D eigenvalue weighted by Gasteiger charge is -2.15. The average Bonchev–Trinajstić information content (AvgIpc) is 3.20. The number of halogens is 1. The van der Waals surface area contributed by atoms with E-state index in [0.29, 0.717) is 17.0 Å². The first-order valence-electron chi connectivity index (χ1n) is 9.63. The molecule has 0 aromatic heterocycles. The smallest absolute Gasteiger partial charge is 0.338 e. The summed E-state index contributed by atoms with van der Waals surface area (Å²) in [7, 11) is 0. The normalized spacial score (nSPS) is 15.5. The van der Waals surface area contributed by atoms with Crippen LogP contribution < -0.4 is 5.32 Å². The van der Waals surface area contributed by atoms with Crippen LogP contribution in [0.15, 0.2) is 53.7 Å². The van der Waals surface area contributed by atoms with Crippen LogP contribution in [0.2, 0.25) is 0 Å². The van der Waals surface area contributed by atoms with E-state index in [1.54, 1.807) is 42.5 Å². The lowest BCUT2D eigenvalue weighted by atomic mass is 10.1. The van der Waals surface area contributed by atoms with E-state index < -0.39 is 29.6 Å². The van der Waals surface area contributed by atoms with Crippen molar-refractivity contribution in [3.8, 4) is 0 Å². The molecule has 2 aromatic carbocycles. The molecule has 0 saturated carbocycles. The largest absolute Gasteiger partial charge is 0.462 e. The molecule has 0 spiro atoms. The maximum atomic E-state index is 13.9. The summed E-state index contributed by atoms with van der Waals surface area (Å²) in [6.45, 7) is 2.74. The number of carbonyl (C=O) groups excluding carboxylic acids is 2. The van der Waals surface area contributed by atoms with Gasteiger partial charge in [-0.2, -0.15) is 0 Å². The Hall–Kier alpha value is -3.46. The number of carbonyl (C=O) groups is 2. The van der Waals surface area contributed by atoms with Gasteiger partial charge in [-0.3, -0.25) is 4.79 Å². The molecule has 164 valence electrons. The summed E-state index contributed by atoms with van der Waals surface area (Å²) >= 11 is 0. The van der Waals surface area contributed by atoms with Crippen LogP contribution in [0.4, 0.5) is 4.39 Å². The van der Waals surface area contributed by atoms with E-state index in [0.717, 1.165) is 0 Å². The molecule has 0 bridgehead atoms. The molecule has 31 heavy (non-hydrogen) atoms. The highest BCUT2D eigenvalue weighted by Gasteiger charge is 2.25. The minimum Gasteiger partial charge on any atom is -0.462 e. The van der Waals surface area contributed by atoms with E-state index in [9.17, 15) is 19.1 Å². The number of rotatable bonds is 8. The van der Waals surface area contributed by atoms with Crippen LogP contribution in [-0.2, 0) is 19.1 Å². The van der Waals surface area contributed by atoms with Crippen molar-refractivity contribution in [2.45, 2.75) is 32.1 Å². The van der Waals surface area contributed by atoms with E-state index in [2.05, 4.69) is 10.5 Å². The second-order valence-electron chi connectivity index (χ2n) is 7.52. The van der Waals surface area contributed by atoms with Gasteiger partial charge < -0.3 is 24.7 Å². The zero-order valence-corrected chi connectivity index (χ0v) is 17.1. The highest BCUT2D eigenvalue weighted by atomic mass is 19.1. The number of hydrogen-bond donors (Lipinski definition) is 2. The Balaban J connectivity index is 1.53. The second-order valence-corrected chi connectivity index (χ2v) is 7.52. The maximum absolute atomic E-state index is 13.9. The highest BCUT2D eigenvalue weighted by molar-refractivity contribution is 6.01. The van der Waals surface area contributed by atoms with Crippen molar-refractivity contribution in [1.82, 2.24) is 5.32 Å². The van der Waals surface area contributed by atoms with Crippen LogP contribution in [0.25, 0.3) is 0 Å². The van der Waals surface area contributed by atoms with Crippen molar-refractivity contribution in [1.29, 1.82) is 0 Å². The summed E-state index contributed by atoms with van der Waals surface area (Å²) in [5.74, 6) is -1.26. The molecule has 0 aliphatic carbocycles. The van der Waals surface area contributed by atoms with E-state index in [1.807, 2.05) is 0 Å². The number of esters is 2. The standard InChI is InChI=1S/C22H23FN2O6/c1-22(2,28)13-18(26)29-10-11-30-21(27)15-7-5-6-14(12-15)19-24-20(31-25-19)16-8-3-4-9-17(16)23/h3-9,12,20,28H,10-11,13H2,1-2H3,(H,24,25). The van der Waals surface area contributed by atoms with Gasteiger partial charge in [0, 0.05) is 5.56 Å². The number of nitrogens with one attached hydrogen (secondary N) is 1. The molecule has 1 aliphatic heterocycles. The van der Waals surface area contributed by atoms with Crippen molar-refractivity contribution in [2.75, 3.05) is 13.2 Å². The van der Waals surface area contributed by atoms with Gasteiger partial charge in [0.1, 0.15) is 19.0 Å². The number of aliphatic hydroxyl groups is 1. The molecule has 0 saturated heterocycles. The third-order valence-corrected chi connectivity index (χ3v) is 4.23. The Bertz CT molecular complexity index is 986. The summed E-state index contributed by atoms with van der Waals surface area (Å²) in [6.07, 6.45) is -0.931. The second kappa shape index (κ2) is 9.57. The Kier molecular flexibility index (Phi) is 6.86. The molecule has 1 atom stereocenters. The number of hydrogen-bond acceptors (Lipinski definition) is 8. The molecular formula is C22H23FN2O6. The van der Waals surface area contributed by atoms with Gasteiger partial charge in [-0.15, -0.1) is 0 Å². The van der Waals surface area contributed by atoms with Crippen LogP contribution in [0.1, 0.15) is 48.0 Å². The summed E-state index contributed by atoms with van der Waals surface area (Å²) < 4.78 is 24.0. The third kappa shape index (κ3) is 6.26. The van der Waals surface area contributed by atoms with Crippen LogP contribution in [0, 0.1) is 5.82 Å². The zero-order valence-electron chi connectivity index (χ0n) is 17.1. The van der Waals surface area contributed by atoms with Crippen molar-refractivity contribution in [3.05, 3.63) is 71.0 Å². The summed E-state index contributed by atoms with van der Waals surface area (Å²) in [4.78, 5) is 29.1. The Morgan fingerprint density at radius 1 is 1.16 bits per heavy atom. The molecule has 2 aromatic rings. The predicted molar refractivity (Wildman–Crippen MR) is 108 cm³/mol. The quantitative estimate of drug-likeness (QED) is 0.490. The van der Waals surface area contributed by atoms with Gasteiger partial charge in [-0.1, -0.05) is 35.5 Å². The van der Waals surface area contributed by atoms with Gasteiger partial charge in [0.15, 0.2) is 5.84 Å².